The minimum Gasteiger partial charge on any atom is -0.493 e. The van der Waals surface area contributed by atoms with Crippen LogP contribution in [-0.2, 0) is 19.1 Å². The zero-order valence-corrected chi connectivity index (χ0v) is 21.8. The van der Waals surface area contributed by atoms with Crippen LogP contribution in [-0.4, -0.2) is 55.0 Å². The lowest BCUT2D eigenvalue weighted by Crippen LogP contribution is -2.44. The number of nitrogens with zero attached hydrogens (tertiary/aromatic N) is 1. The third kappa shape index (κ3) is 8.30. The van der Waals surface area contributed by atoms with Gasteiger partial charge in [0.1, 0.15) is 24.0 Å². The van der Waals surface area contributed by atoms with E-state index in [4.69, 9.17) is 35.3 Å². The van der Waals surface area contributed by atoms with Gasteiger partial charge in [0.05, 0.1) is 7.11 Å². The van der Waals surface area contributed by atoms with Crippen molar-refractivity contribution in [3.63, 3.8) is 0 Å². The summed E-state index contributed by atoms with van der Waals surface area (Å²) in [7, 11) is 1.38. The first kappa shape index (κ1) is 28.7. The van der Waals surface area contributed by atoms with Crippen molar-refractivity contribution in [3.8, 4) is 17.2 Å². The average molecular weight is 523 g/mol. The minimum absolute atomic E-state index is 0.0197. The minimum atomic E-state index is -1.02. The van der Waals surface area contributed by atoms with Crippen molar-refractivity contribution in [2.45, 2.75) is 52.9 Å². The fourth-order valence-corrected chi connectivity index (χ4v) is 3.31. The number of carbonyl (C=O) groups excluding carboxylic acids is 3. The Kier molecular flexibility index (Phi) is 10.8. The van der Waals surface area contributed by atoms with Gasteiger partial charge in [-0.05, 0) is 44.0 Å². The number of carbonyl (C=O) groups is 3. The fourth-order valence-electron chi connectivity index (χ4n) is 3.18. The molecule has 11 heteroatoms. The van der Waals surface area contributed by atoms with Crippen molar-refractivity contribution in [1.82, 2.24) is 10.3 Å². The summed E-state index contributed by atoms with van der Waals surface area (Å²) in [4.78, 5) is 40.7. The molecule has 36 heavy (non-hydrogen) atoms. The van der Waals surface area contributed by atoms with Crippen molar-refractivity contribution >= 4 is 29.4 Å². The predicted octanol–water partition coefficient (Wildman–Crippen LogP) is 3.80. The van der Waals surface area contributed by atoms with Crippen LogP contribution in [0.3, 0.4) is 0 Å². The first-order valence-corrected chi connectivity index (χ1v) is 11.6. The summed E-state index contributed by atoms with van der Waals surface area (Å²) in [5.74, 6) is -1.16. The van der Waals surface area contributed by atoms with E-state index in [-0.39, 0.29) is 23.1 Å². The number of nitrogens with one attached hydrogen (secondary N) is 1. The van der Waals surface area contributed by atoms with Crippen LogP contribution in [0.1, 0.15) is 45.1 Å². The molecule has 0 unspecified atom stereocenters. The second-order valence-electron chi connectivity index (χ2n) is 8.21. The van der Waals surface area contributed by atoms with Crippen LogP contribution in [0.2, 0.25) is 5.02 Å². The fraction of sp³-hybridized carbons (Fsp3) is 0.440. The molecule has 0 saturated carbocycles. The van der Waals surface area contributed by atoms with Gasteiger partial charge in [0.2, 0.25) is 6.79 Å². The second kappa shape index (κ2) is 13.5. The number of amides is 1. The molecular formula is C25H31ClN2O8. The summed E-state index contributed by atoms with van der Waals surface area (Å²) < 4.78 is 27.0. The van der Waals surface area contributed by atoms with Gasteiger partial charge in [-0.3, -0.25) is 9.59 Å². The Labute approximate surface area is 215 Å². The van der Waals surface area contributed by atoms with E-state index in [2.05, 4.69) is 10.3 Å². The molecule has 0 aliphatic rings. The van der Waals surface area contributed by atoms with Crippen LogP contribution in [0.15, 0.2) is 36.5 Å². The molecule has 196 valence electrons. The van der Waals surface area contributed by atoms with Gasteiger partial charge in [-0.15, -0.1) is 0 Å². The summed E-state index contributed by atoms with van der Waals surface area (Å²) in [6.45, 7) is 7.87. The highest BCUT2D eigenvalue weighted by Gasteiger charge is 2.29. The van der Waals surface area contributed by atoms with Gasteiger partial charge >= 0.3 is 11.9 Å². The third-order valence-electron chi connectivity index (χ3n) is 4.98. The Morgan fingerprint density at radius 1 is 1.06 bits per heavy atom. The normalized spacial score (nSPS) is 13.2. The van der Waals surface area contributed by atoms with Gasteiger partial charge in [0.15, 0.2) is 17.2 Å². The first-order valence-electron chi connectivity index (χ1n) is 11.3. The lowest BCUT2D eigenvalue weighted by atomic mass is 10.0. The Morgan fingerprint density at radius 3 is 2.31 bits per heavy atom. The quantitative estimate of drug-likeness (QED) is 0.327. The molecule has 0 bridgehead atoms. The average Bonchev–Trinajstić information content (AvgIpc) is 2.82. The summed E-state index contributed by atoms with van der Waals surface area (Å²) in [5, 5.41) is 3.12. The predicted molar refractivity (Wildman–Crippen MR) is 131 cm³/mol. The number of ether oxygens (including phenoxy) is 5. The molecule has 0 aliphatic carbocycles. The van der Waals surface area contributed by atoms with Gasteiger partial charge in [0, 0.05) is 24.2 Å². The highest BCUT2D eigenvalue weighted by atomic mass is 35.5. The Morgan fingerprint density at radius 2 is 1.72 bits per heavy atom. The molecule has 0 aliphatic heterocycles. The molecule has 10 nitrogen and oxygen atoms in total. The maximum Gasteiger partial charge on any atom is 0.328 e. The van der Waals surface area contributed by atoms with Crippen molar-refractivity contribution in [1.29, 1.82) is 0 Å². The van der Waals surface area contributed by atoms with E-state index >= 15 is 0 Å². The SMILES string of the molecule is COc1ccnc(C(=O)N[C@@H](C)C(=O)O[C@@H](C)[C@H](Oc2ccc(Cl)cc2)C(C)C)c1OCOC(C)=O. The molecule has 2 aromatic rings. The van der Waals surface area contributed by atoms with Gasteiger partial charge in [-0.1, -0.05) is 25.4 Å². The smallest absolute Gasteiger partial charge is 0.328 e. The molecule has 2 rings (SSSR count). The molecule has 0 fully saturated rings. The molecule has 0 saturated heterocycles. The third-order valence-corrected chi connectivity index (χ3v) is 5.23. The van der Waals surface area contributed by atoms with E-state index < -0.39 is 42.9 Å². The Balaban J connectivity index is 2.06. The number of hydrogen-bond acceptors (Lipinski definition) is 9. The van der Waals surface area contributed by atoms with Crippen molar-refractivity contribution < 1.29 is 38.1 Å². The van der Waals surface area contributed by atoms with Crippen LogP contribution in [0, 0.1) is 5.92 Å². The van der Waals surface area contributed by atoms with E-state index in [1.54, 1.807) is 31.2 Å². The zero-order valence-electron chi connectivity index (χ0n) is 21.1. The molecule has 1 N–H and O–H groups in total. The molecule has 1 amide bonds. The molecule has 1 heterocycles. The summed E-state index contributed by atoms with van der Waals surface area (Å²) >= 11 is 5.93. The van der Waals surface area contributed by atoms with Gasteiger partial charge < -0.3 is 29.0 Å². The van der Waals surface area contributed by atoms with Crippen LogP contribution < -0.4 is 19.5 Å². The van der Waals surface area contributed by atoms with Crippen molar-refractivity contribution in [2.75, 3.05) is 13.9 Å². The maximum absolute atomic E-state index is 12.9. The monoisotopic (exact) mass is 522 g/mol. The number of hydrogen-bond donors (Lipinski definition) is 1. The van der Waals surface area contributed by atoms with Crippen molar-refractivity contribution in [3.05, 3.63) is 47.2 Å². The van der Waals surface area contributed by atoms with Gasteiger partial charge in [0.25, 0.3) is 5.91 Å². The maximum atomic E-state index is 12.9. The number of aromatic nitrogens is 1. The number of esters is 2. The highest BCUT2D eigenvalue weighted by molar-refractivity contribution is 6.30. The Bertz CT molecular complexity index is 1040. The number of benzene rings is 1. The number of halogens is 1. The van der Waals surface area contributed by atoms with E-state index in [1.165, 1.54) is 33.2 Å². The zero-order chi connectivity index (χ0) is 26.8. The van der Waals surface area contributed by atoms with E-state index in [1.807, 2.05) is 13.8 Å². The van der Waals surface area contributed by atoms with Crippen LogP contribution >= 0.6 is 11.6 Å². The highest BCUT2D eigenvalue weighted by Crippen LogP contribution is 2.29. The first-order chi connectivity index (χ1) is 17.0. The lowest BCUT2D eigenvalue weighted by molar-refractivity contribution is -0.156. The largest absolute Gasteiger partial charge is 0.493 e. The number of rotatable bonds is 12. The van der Waals surface area contributed by atoms with Gasteiger partial charge in [-0.2, -0.15) is 0 Å². The number of methoxy groups -OCH3 is 1. The standard InChI is InChI=1S/C25H31ClN2O8/c1-14(2)22(36-19-9-7-18(26)8-10-19)16(4)35-25(31)15(3)28-24(30)21-23(34-13-33-17(5)29)20(32-6)11-12-27-21/h7-12,14-16,22H,13H2,1-6H3,(H,28,30)/t15-,16-,22+/m0/s1. The summed E-state index contributed by atoms with van der Waals surface area (Å²) in [5.41, 5.74) is -0.152. The van der Waals surface area contributed by atoms with Crippen LogP contribution in [0.4, 0.5) is 0 Å². The van der Waals surface area contributed by atoms with E-state index in [0.29, 0.717) is 10.8 Å². The van der Waals surface area contributed by atoms with E-state index in [9.17, 15) is 14.4 Å². The van der Waals surface area contributed by atoms with Crippen LogP contribution in [0.5, 0.6) is 17.2 Å². The topological polar surface area (TPSA) is 122 Å². The molecule has 1 aromatic heterocycles. The van der Waals surface area contributed by atoms with Crippen molar-refractivity contribution in [2.24, 2.45) is 5.92 Å². The van der Waals surface area contributed by atoms with Crippen LogP contribution in [0.25, 0.3) is 0 Å². The Hall–Kier alpha value is -3.53. The summed E-state index contributed by atoms with van der Waals surface area (Å²) in [6.07, 6.45) is 0.281. The number of pyridine rings is 1. The molecular weight excluding hydrogens is 492 g/mol. The second-order valence-corrected chi connectivity index (χ2v) is 8.64. The summed E-state index contributed by atoms with van der Waals surface area (Å²) in [6, 6.07) is 7.34. The lowest BCUT2D eigenvalue weighted by Gasteiger charge is -2.29. The molecule has 0 radical (unpaired) electrons. The molecule has 1 aromatic carbocycles. The molecule has 0 spiro atoms. The van der Waals surface area contributed by atoms with Gasteiger partial charge in [-0.25, -0.2) is 9.78 Å². The van der Waals surface area contributed by atoms with E-state index in [0.717, 1.165) is 0 Å². The molecule has 3 atom stereocenters.